The van der Waals surface area contributed by atoms with Crippen molar-refractivity contribution in [3.63, 3.8) is 0 Å². The molecule has 1 aliphatic carbocycles. The predicted octanol–water partition coefficient (Wildman–Crippen LogP) is 5.56. The van der Waals surface area contributed by atoms with Crippen LogP contribution in [-0.2, 0) is 0 Å². The zero-order chi connectivity index (χ0) is 17.8. The molecule has 1 heterocycles. The van der Waals surface area contributed by atoms with Gasteiger partial charge in [0, 0.05) is 22.9 Å². The molecular weight excluding hydrogens is 375 g/mol. The van der Waals surface area contributed by atoms with Crippen LogP contribution in [0.15, 0.2) is 18.2 Å². The van der Waals surface area contributed by atoms with Gasteiger partial charge in [0.25, 0.3) is 5.91 Å². The van der Waals surface area contributed by atoms with Crippen LogP contribution < -0.4 is 5.32 Å². The number of benzene rings is 1. The Labute approximate surface area is 164 Å². The molecule has 0 bridgehead atoms. The third-order valence-electron chi connectivity index (χ3n) is 5.10. The fourth-order valence-electron chi connectivity index (χ4n) is 3.82. The largest absolute Gasteiger partial charge is 0.327 e. The number of amides is 1. The molecule has 2 aliphatic rings. The highest BCUT2D eigenvalue weighted by Crippen LogP contribution is 2.34. The first-order valence-corrected chi connectivity index (χ1v) is 10.9. The second-order valence-corrected chi connectivity index (χ2v) is 9.46. The van der Waals surface area contributed by atoms with Gasteiger partial charge < -0.3 is 5.32 Å². The Balaban J connectivity index is 1.69. The highest BCUT2D eigenvalue weighted by Gasteiger charge is 2.36. The maximum Gasteiger partial charge on any atom is 0.254 e. The lowest BCUT2D eigenvalue weighted by atomic mass is 9.95. The van der Waals surface area contributed by atoms with Gasteiger partial charge in [0.15, 0.2) is 0 Å². The number of carbonyl (C=O) groups is 1. The highest BCUT2D eigenvalue weighted by atomic mass is 35.5. The first-order chi connectivity index (χ1) is 12.0. The molecule has 1 saturated carbocycles. The molecule has 2 unspecified atom stereocenters. The number of thioether (sulfide) groups is 1. The van der Waals surface area contributed by atoms with Crippen molar-refractivity contribution in [2.75, 3.05) is 6.54 Å². The van der Waals surface area contributed by atoms with Crippen molar-refractivity contribution in [1.82, 2.24) is 10.2 Å². The van der Waals surface area contributed by atoms with Crippen LogP contribution in [0.3, 0.4) is 0 Å². The Kier molecular flexibility index (Phi) is 6.95. The van der Waals surface area contributed by atoms with E-state index in [1.54, 1.807) is 18.2 Å². The van der Waals surface area contributed by atoms with Crippen LogP contribution in [0.2, 0.25) is 10.0 Å². The molecule has 0 aromatic heterocycles. The van der Waals surface area contributed by atoms with Crippen molar-refractivity contribution >= 4 is 40.9 Å². The van der Waals surface area contributed by atoms with E-state index >= 15 is 0 Å². The lowest BCUT2D eigenvalue weighted by molar-refractivity contribution is 0.0873. The molecule has 3 rings (SSSR count). The summed E-state index contributed by atoms with van der Waals surface area (Å²) in [5.41, 5.74) is 0.516. The molecule has 0 radical (unpaired) electrons. The first kappa shape index (κ1) is 19.3. The molecular formula is C19H26Cl2N2OS. The van der Waals surface area contributed by atoms with E-state index in [2.05, 4.69) is 17.1 Å². The quantitative estimate of drug-likeness (QED) is 0.720. The molecule has 6 heteroatoms. The van der Waals surface area contributed by atoms with Gasteiger partial charge in [0.2, 0.25) is 0 Å². The van der Waals surface area contributed by atoms with Crippen molar-refractivity contribution in [2.45, 2.75) is 68.7 Å². The Hall–Kier alpha value is -0.420. The maximum absolute atomic E-state index is 12.7. The summed E-state index contributed by atoms with van der Waals surface area (Å²) < 4.78 is 0. The van der Waals surface area contributed by atoms with Crippen LogP contribution in [0.4, 0.5) is 0 Å². The summed E-state index contributed by atoms with van der Waals surface area (Å²) in [7, 11) is 0. The van der Waals surface area contributed by atoms with Gasteiger partial charge in [-0.25, -0.2) is 0 Å². The maximum atomic E-state index is 12.7. The molecule has 0 spiro atoms. The van der Waals surface area contributed by atoms with Gasteiger partial charge in [-0.2, -0.15) is 0 Å². The number of rotatable bonds is 3. The second kappa shape index (κ2) is 8.98. The molecule has 2 fully saturated rings. The van der Waals surface area contributed by atoms with Crippen molar-refractivity contribution in [3.8, 4) is 0 Å². The number of hydrogen-bond acceptors (Lipinski definition) is 3. The first-order valence-electron chi connectivity index (χ1n) is 9.21. The van der Waals surface area contributed by atoms with E-state index in [9.17, 15) is 4.79 Å². The smallest absolute Gasteiger partial charge is 0.254 e. The third kappa shape index (κ3) is 5.06. The van der Waals surface area contributed by atoms with Gasteiger partial charge in [0.05, 0.1) is 10.6 Å². The van der Waals surface area contributed by atoms with Crippen LogP contribution in [0, 0.1) is 0 Å². The molecule has 25 heavy (non-hydrogen) atoms. The number of nitrogens with one attached hydrogen (secondary N) is 1. The minimum atomic E-state index is -0.121. The monoisotopic (exact) mass is 400 g/mol. The molecule has 1 N–H and O–H groups in total. The summed E-state index contributed by atoms with van der Waals surface area (Å²) in [5, 5.41) is 4.66. The summed E-state index contributed by atoms with van der Waals surface area (Å²) in [5.74, 6) is -0.121. The third-order valence-corrected chi connectivity index (χ3v) is 6.91. The van der Waals surface area contributed by atoms with Gasteiger partial charge in [-0.15, -0.1) is 11.8 Å². The summed E-state index contributed by atoms with van der Waals surface area (Å²) in [6, 6.07) is 5.60. The molecule has 1 aromatic rings. The molecule has 3 nitrogen and oxygen atoms in total. The van der Waals surface area contributed by atoms with E-state index in [1.807, 2.05) is 11.8 Å². The SMILES string of the molecule is CC1CN(C2CCCCCCC2)C(NC(=O)c2ccc(Cl)cc2Cl)S1. The van der Waals surface area contributed by atoms with Gasteiger partial charge in [-0.1, -0.05) is 62.2 Å². The molecule has 1 aromatic carbocycles. The van der Waals surface area contributed by atoms with Gasteiger partial charge >= 0.3 is 0 Å². The van der Waals surface area contributed by atoms with Crippen LogP contribution in [0.5, 0.6) is 0 Å². The van der Waals surface area contributed by atoms with Gasteiger partial charge in [-0.3, -0.25) is 9.69 Å². The van der Waals surface area contributed by atoms with E-state index in [-0.39, 0.29) is 11.4 Å². The van der Waals surface area contributed by atoms with Crippen molar-refractivity contribution in [1.29, 1.82) is 0 Å². The van der Waals surface area contributed by atoms with E-state index in [0.717, 1.165) is 6.54 Å². The Morgan fingerprint density at radius 2 is 1.84 bits per heavy atom. The topological polar surface area (TPSA) is 32.3 Å². The molecule has 1 aliphatic heterocycles. The van der Waals surface area contributed by atoms with Gasteiger partial charge in [-0.05, 0) is 31.0 Å². The van der Waals surface area contributed by atoms with Crippen LogP contribution in [0.1, 0.15) is 62.2 Å². The van der Waals surface area contributed by atoms with E-state index < -0.39 is 0 Å². The number of hydrogen-bond donors (Lipinski definition) is 1. The Bertz CT molecular complexity index is 605. The van der Waals surface area contributed by atoms with Gasteiger partial charge in [0.1, 0.15) is 5.50 Å². The van der Waals surface area contributed by atoms with E-state index in [0.29, 0.717) is 26.9 Å². The summed E-state index contributed by atoms with van der Waals surface area (Å²) in [6.45, 7) is 3.27. The zero-order valence-corrected chi connectivity index (χ0v) is 17.0. The van der Waals surface area contributed by atoms with Crippen LogP contribution in [0.25, 0.3) is 0 Å². The lowest BCUT2D eigenvalue weighted by Gasteiger charge is -2.33. The number of nitrogens with zero attached hydrogens (tertiary/aromatic N) is 1. The Morgan fingerprint density at radius 3 is 2.52 bits per heavy atom. The summed E-state index contributed by atoms with van der Waals surface area (Å²) in [4.78, 5) is 15.2. The number of halogens is 2. The molecule has 138 valence electrons. The lowest BCUT2D eigenvalue weighted by Crippen LogP contribution is -2.48. The molecule has 2 atom stereocenters. The normalized spacial score (nSPS) is 26.2. The Morgan fingerprint density at radius 1 is 1.16 bits per heavy atom. The average Bonchev–Trinajstić information content (AvgIpc) is 2.87. The number of carbonyl (C=O) groups excluding carboxylic acids is 1. The second-order valence-electron chi connectivity index (χ2n) is 7.09. The zero-order valence-electron chi connectivity index (χ0n) is 14.6. The van der Waals surface area contributed by atoms with Crippen LogP contribution in [-0.4, -0.2) is 34.1 Å². The van der Waals surface area contributed by atoms with Crippen molar-refractivity contribution < 1.29 is 4.79 Å². The van der Waals surface area contributed by atoms with Crippen molar-refractivity contribution in [3.05, 3.63) is 33.8 Å². The molecule has 1 amide bonds. The molecule has 1 saturated heterocycles. The fraction of sp³-hybridized carbons (Fsp3) is 0.632. The van der Waals surface area contributed by atoms with E-state index in [4.69, 9.17) is 23.2 Å². The fourth-order valence-corrected chi connectivity index (χ4v) is 5.60. The van der Waals surface area contributed by atoms with Crippen molar-refractivity contribution in [2.24, 2.45) is 0 Å². The predicted molar refractivity (Wildman–Crippen MR) is 108 cm³/mol. The summed E-state index contributed by atoms with van der Waals surface area (Å²) in [6.07, 6.45) is 9.11. The average molecular weight is 401 g/mol. The van der Waals surface area contributed by atoms with Crippen LogP contribution >= 0.6 is 35.0 Å². The van der Waals surface area contributed by atoms with E-state index in [1.165, 1.54) is 44.9 Å². The highest BCUT2D eigenvalue weighted by molar-refractivity contribution is 8.00. The standard InChI is InChI=1S/C19H26Cl2N2OS/c1-13-12-23(15-7-5-3-2-4-6-8-15)19(25-13)22-18(24)16-10-9-14(20)11-17(16)21/h9-11,13,15,19H,2-8,12H2,1H3,(H,22,24). The minimum Gasteiger partial charge on any atom is -0.327 e. The minimum absolute atomic E-state index is 0.0265. The summed E-state index contributed by atoms with van der Waals surface area (Å²) >= 11 is 14.0.